The molecule has 37 heavy (non-hydrogen) atoms. The molecule has 4 aliphatic carbocycles. The Morgan fingerprint density at radius 3 is 2.41 bits per heavy atom. The van der Waals surface area contributed by atoms with Gasteiger partial charge in [-0.15, -0.1) is 0 Å². The maximum absolute atomic E-state index is 12.5. The van der Waals surface area contributed by atoms with Gasteiger partial charge in [0.2, 0.25) is 0 Å². The minimum absolute atomic E-state index is 0.0116. The molecule has 3 fully saturated rings. The maximum Gasteiger partial charge on any atom is 0.409 e. The van der Waals surface area contributed by atoms with Gasteiger partial charge in [-0.05, 0) is 67.0 Å². The minimum atomic E-state index is -2.07. The number of hydrogen-bond acceptors (Lipinski definition) is 4. The summed E-state index contributed by atoms with van der Waals surface area (Å²) in [6.07, 6.45) is 11.7. The Labute approximate surface area is 226 Å². The van der Waals surface area contributed by atoms with Crippen molar-refractivity contribution in [3.8, 4) is 0 Å². The molecule has 0 aromatic rings. The molecule has 8 atom stereocenters. The summed E-state index contributed by atoms with van der Waals surface area (Å²) in [6.45, 7) is 18.6. The number of nitrogens with zero attached hydrogens (tertiary/aromatic N) is 1. The Morgan fingerprint density at radius 2 is 1.81 bits per heavy atom. The first-order valence-electron chi connectivity index (χ1n) is 14.5. The van der Waals surface area contributed by atoms with Crippen LogP contribution in [0.15, 0.2) is 23.3 Å². The molecule has 4 aliphatic rings. The third kappa shape index (κ3) is 4.68. The lowest BCUT2D eigenvalue weighted by Gasteiger charge is -2.59. The summed E-state index contributed by atoms with van der Waals surface area (Å²) in [5, 5.41) is 0.0998. The van der Waals surface area contributed by atoms with E-state index in [1.807, 2.05) is 0 Å². The van der Waals surface area contributed by atoms with Crippen molar-refractivity contribution in [3.63, 3.8) is 0 Å². The number of hydrogen-bond donors (Lipinski definition) is 0. The van der Waals surface area contributed by atoms with Crippen molar-refractivity contribution in [2.24, 2.45) is 34.5 Å². The molecule has 208 valence electrons. The molecular weight excluding hydrogens is 478 g/mol. The lowest BCUT2D eigenvalue weighted by Crippen LogP contribution is -2.57. The SMILES string of the molecule is CC(C=O)[C@H]1CC[C@H]2C3=CC=C4C[C@@H](OC(=O)N(C)C)C[C@H](O[Si](C)(C)C(C)(C)C)[C@]4(C)[C@H]3CC[C@]12C. The number of rotatable bonds is 5. The Kier molecular flexibility index (Phi) is 7.46. The second-order valence-electron chi connectivity index (χ2n) is 14.7. The monoisotopic (exact) mass is 529 g/mol. The average molecular weight is 530 g/mol. The lowest BCUT2D eigenvalue weighted by molar-refractivity contribution is -0.113. The molecular formula is C31H51NO4Si. The summed E-state index contributed by atoms with van der Waals surface area (Å²) in [4.78, 5) is 25.8. The molecule has 0 aromatic carbocycles. The smallest absolute Gasteiger partial charge is 0.409 e. The summed E-state index contributed by atoms with van der Waals surface area (Å²) < 4.78 is 13.2. The van der Waals surface area contributed by atoms with E-state index in [1.165, 1.54) is 23.2 Å². The van der Waals surface area contributed by atoms with Crippen LogP contribution in [-0.4, -0.2) is 51.9 Å². The average Bonchev–Trinajstić information content (AvgIpc) is 3.15. The third-order valence-electron chi connectivity index (χ3n) is 11.4. The lowest BCUT2D eigenvalue weighted by atomic mass is 9.49. The first-order chi connectivity index (χ1) is 17.1. The molecule has 0 radical (unpaired) electrons. The fraction of sp³-hybridized carbons (Fsp3) is 0.806. The van der Waals surface area contributed by atoms with Gasteiger partial charge in [0, 0.05) is 38.3 Å². The number of aldehydes is 1. The second-order valence-corrected chi connectivity index (χ2v) is 19.4. The molecule has 1 unspecified atom stereocenters. The summed E-state index contributed by atoms with van der Waals surface area (Å²) in [5.74, 6) is 1.56. The summed E-state index contributed by atoms with van der Waals surface area (Å²) >= 11 is 0. The van der Waals surface area contributed by atoms with Crippen LogP contribution in [0.4, 0.5) is 4.79 Å². The fourth-order valence-electron chi connectivity index (χ4n) is 8.04. The van der Waals surface area contributed by atoms with Crippen LogP contribution in [-0.2, 0) is 14.0 Å². The van der Waals surface area contributed by atoms with Crippen LogP contribution < -0.4 is 0 Å². The van der Waals surface area contributed by atoms with E-state index in [0.717, 1.165) is 32.1 Å². The molecule has 4 rings (SSSR count). The number of carbonyl (C=O) groups excluding carboxylic acids is 2. The van der Waals surface area contributed by atoms with Crippen molar-refractivity contribution < 1.29 is 18.8 Å². The van der Waals surface area contributed by atoms with E-state index >= 15 is 0 Å². The van der Waals surface area contributed by atoms with Gasteiger partial charge in [-0.2, -0.15) is 0 Å². The summed E-state index contributed by atoms with van der Waals surface area (Å²) in [7, 11) is 1.41. The first kappa shape index (κ1) is 28.6. The normalized spacial score (nSPS) is 38.4. The Bertz CT molecular complexity index is 978. The minimum Gasteiger partial charge on any atom is -0.446 e. The van der Waals surface area contributed by atoms with Crippen molar-refractivity contribution >= 4 is 20.7 Å². The fourth-order valence-corrected chi connectivity index (χ4v) is 9.45. The van der Waals surface area contributed by atoms with Gasteiger partial charge in [0.05, 0.1) is 6.10 Å². The van der Waals surface area contributed by atoms with Crippen molar-refractivity contribution in [1.29, 1.82) is 0 Å². The van der Waals surface area contributed by atoms with E-state index in [-0.39, 0.29) is 40.1 Å². The van der Waals surface area contributed by atoms with E-state index in [4.69, 9.17) is 9.16 Å². The molecule has 0 spiro atoms. The first-order valence-corrected chi connectivity index (χ1v) is 17.4. The molecule has 1 amide bonds. The zero-order valence-electron chi connectivity index (χ0n) is 25.0. The molecule has 3 saturated carbocycles. The van der Waals surface area contributed by atoms with E-state index in [2.05, 4.69) is 66.8 Å². The summed E-state index contributed by atoms with van der Waals surface area (Å²) in [6, 6.07) is 0. The van der Waals surface area contributed by atoms with Gasteiger partial charge < -0.3 is 18.9 Å². The molecule has 0 aliphatic heterocycles. The van der Waals surface area contributed by atoms with Crippen LogP contribution in [0.2, 0.25) is 18.1 Å². The molecule has 0 N–H and O–H groups in total. The Balaban J connectivity index is 1.72. The molecule has 0 bridgehead atoms. The molecule has 0 saturated heterocycles. The van der Waals surface area contributed by atoms with Crippen LogP contribution in [0.25, 0.3) is 0 Å². The zero-order chi connectivity index (χ0) is 27.6. The van der Waals surface area contributed by atoms with Crippen molar-refractivity contribution in [2.45, 2.75) is 110 Å². The predicted molar refractivity (Wildman–Crippen MR) is 152 cm³/mol. The van der Waals surface area contributed by atoms with Gasteiger partial charge in [0.25, 0.3) is 0 Å². The van der Waals surface area contributed by atoms with Crippen LogP contribution in [0.1, 0.15) is 80.1 Å². The largest absolute Gasteiger partial charge is 0.446 e. The molecule has 0 heterocycles. The van der Waals surface area contributed by atoms with Crippen molar-refractivity contribution in [2.75, 3.05) is 14.1 Å². The van der Waals surface area contributed by atoms with Crippen LogP contribution >= 0.6 is 0 Å². The highest BCUT2D eigenvalue weighted by Crippen LogP contribution is 2.66. The van der Waals surface area contributed by atoms with Crippen molar-refractivity contribution in [3.05, 3.63) is 23.3 Å². The highest BCUT2D eigenvalue weighted by Gasteiger charge is 2.60. The van der Waals surface area contributed by atoms with Gasteiger partial charge in [0.15, 0.2) is 8.32 Å². The van der Waals surface area contributed by atoms with Crippen LogP contribution in [0.3, 0.4) is 0 Å². The van der Waals surface area contributed by atoms with Crippen molar-refractivity contribution in [1.82, 2.24) is 4.90 Å². The van der Waals surface area contributed by atoms with Gasteiger partial charge in [-0.3, -0.25) is 0 Å². The third-order valence-corrected chi connectivity index (χ3v) is 15.9. The Morgan fingerprint density at radius 1 is 1.14 bits per heavy atom. The zero-order valence-corrected chi connectivity index (χ0v) is 26.0. The van der Waals surface area contributed by atoms with E-state index in [0.29, 0.717) is 17.8 Å². The van der Waals surface area contributed by atoms with Gasteiger partial charge >= 0.3 is 6.09 Å². The van der Waals surface area contributed by atoms with Gasteiger partial charge in [0.1, 0.15) is 12.4 Å². The Hall–Kier alpha value is -1.40. The molecule has 5 nitrogen and oxygen atoms in total. The van der Waals surface area contributed by atoms with Crippen LogP contribution in [0.5, 0.6) is 0 Å². The standard InChI is InChI=1S/C31H51NO4Si/c1-20(19-33)24-13-14-25-23-12-11-21-17-22(35-28(34)32(7)8)18-27(36-37(9,10)29(2,3)4)31(21,6)26(23)15-16-30(24,25)5/h11-12,19-20,22,24-27H,13-18H2,1-10H3/t20?,22-,24-,25+,26+,27+,30-,31+/m1/s1. The van der Waals surface area contributed by atoms with E-state index < -0.39 is 8.32 Å². The molecule has 6 heteroatoms. The number of allylic oxidation sites excluding steroid dienone is 3. The quantitative estimate of drug-likeness (QED) is 0.275. The van der Waals surface area contributed by atoms with Gasteiger partial charge in [-0.25, -0.2) is 4.79 Å². The van der Waals surface area contributed by atoms with Crippen LogP contribution in [0, 0.1) is 34.5 Å². The predicted octanol–water partition coefficient (Wildman–Crippen LogP) is 7.39. The molecule has 0 aromatic heterocycles. The van der Waals surface area contributed by atoms with E-state index in [9.17, 15) is 9.59 Å². The second kappa shape index (κ2) is 9.66. The highest BCUT2D eigenvalue weighted by molar-refractivity contribution is 6.74. The number of amides is 1. The maximum atomic E-state index is 12.5. The number of carbonyl (C=O) groups is 2. The summed E-state index contributed by atoms with van der Waals surface area (Å²) in [5.41, 5.74) is 3.06. The number of ether oxygens (including phenoxy) is 1. The highest BCUT2D eigenvalue weighted by atomic mass is 28.4. The number of fused-ring (bicyclic) bond motifs is 5. The topological polar surface area (TPSA) is 55.8 Å². The van der Waals surface area contributed by atoms with E-state index in [1.54, 1.807) is 19.7 Å². The van der Waals surface area contributed by atoms with Gasteiger partial charge in [-0.1, -0.05) is 64.8 Å².